The quantitative estimate of drug-likeness (QED) is 0.487. The van der Waals surface area contributed by atoms with Crippen molar-refractivity contribution in [3.8, 4) is 5.69 Å². The SMILES string of the molecule is Cc1cn(-c2ccc(F)cc2F)c(P(c2ccccc2)c2ccccc2)n1. The second-order valence-corrected chi connectivity index (χ2v) is 8.26. The van der Waals surface area contributed by atoms with Crippen LogP contribution in [0.1, 0.15) is 5.69 Å². The minimum Gasteiger partial charge on any atom is -0.296 e. The lowest BCUT2D eigenvalue weighted by Gasteiger charge is -2.20. The van der Waals surface area contributed by atoms with Crippen LogP contribution in [0.4, 0.5) is 8.78 Å². The predicted octanol–water partition coefficient (Wildman–Crippen LogP) is 4.22. The molecule has 27 heavy (non-hydrogen) atoms. The molecule has 0 radical (unpaired) electrons. The molecule has 0 fully saturated rings. The van der Waals surface area contributed by atoms with E-state index in [4.69, 9.17) is 4.98 Å². The Hall–Kier alpha value is -2.84. The molecule has 0 saturated heterocycles. The van der Waals surface area contributed by atoms with E-state index in [0.29, 0.717) is 5.69 Å². The maximum Gasteiger partial charge on any atom is 0.150 e. The molecule has 0 N–H and O–H groups in total. The van der Waals surface area contributed by atoms with E-state index in [2.05, 4.69) is 24.3 Å². The first kappa shape index (κ1) is 17.6. The van der Waals surface area contributed by atoms with Crippen LogP contribution in [0.3, 0.4) is 0 Å². The van der Waals surface area contributed by atoms with Crippen LogP contribution in [0, 0.1) is 18.6 Å². The minimum absolute atomic E-state index is 0.298. The Kier molecular flexibility index (Phi) is 4.83. The zero-order valence-corrected chi connectivity index (χ0v) is 15.6. The lowest BCUT2D eigenvalue weighted by Crippen LogP contribution is -2.27. The summed E-state index contributed by atoms with van der Waals surface area (Å²) < 4.78 is 29.7. The Morgan fingerprint density at radius 1 is 0.815 bits per heavy atom. The molecule has 0 aliphatic rings. The standard InChI is InChI=1S/C22H17F2N2P/c1-16-15-26(21-13-12-17(23)14-20(21)24)22(25-16)27(18-8-4-2-5-9-18)19-10-6-3-7-11-19/h2-15H,1H3. The third kappa shape index (κ3) is 3.54. The fourth-order valence-electron chi connectivity index (χ4n) is 3.03. The van der Waals surface area contributed by atoms with E-state index in [1.54, 1.807) is 10.8 Å². The van der Waals surface area contributed by atoms with Crippen molar-refractivity contribution < 1.29 is 8.78 Å². The molecular formula is C22H17F2N2P. The van der Waals surface area contributed by atoms with E-state index in [0.717, 1.165) is 27.9 Å². The number of nitrogens with zero attached hydrogens (tertiary/aromatic N) is 2. The van der Waals surface area contributed by atoms with Gasteiger partial charge in [-0.1, -0.05) is 60.7 Å². The molecule has 1 heterocycles. The van der Waals surface area contributed by atoms with Gasteiger partial charge in [0.1, 0.15) is 17.2 Å². The van der Waals surface area contributed by atoms with Gasteiger partial charge in [-0.2, -0.15) is 0 Å². The fraction of sp³-hybridized carbons (Fsp3) is 0.0455. The summed E-state index contributed by atoms with van der Waals surface area (Å²) in [6.45, 7) is 1.88. The van der Waals surface area contributed by atoms with Crippen molar-refractivity contribution in [3.05, 3.63) is 102 Å². The summed E-state index contributed by atoms with van der Waals surface area (Å²) in [6, 6.07) is 23.8. The van der Waals surface area contributed by atoms with Gasteiger partial charge in [0.15, 0.2) is 0 Å². The van der Waals surface area contributed by atoms with Crippen molar-refractivity contribution in [2.75, 3.05) is 0 Å². The van der Waals surface area contributed by atoms with Gasteiger partial charge in [0, 0.05) is 20.2 Å². The smallest absolute Gasteiger partial charge is 0.150 e. The highest BCUT2D eigenvalue weighted by molar-refractivity contribution is 7.79. The van der Waals surface area contributed by atoms with Crippen LogP contribution < -0.4 is 16.2 Å². The first-order valence-corrected chi connectivity index (χ1v) is 9.89. The number of rotatable bonds is 4. The van der Waals surface area contributed by atoms with Gasteiger partial charge in [0.2, 0.25) is 0 Å². The highest BCUT2D eigenvalue weighted by atomic mass is 31.1. The van der Waals surface area contributed by atoms with Gasteiger partial charge in [-0.05, 0) is 29.7 Å². The molecule has 4 rings (SSSR count). The summed E-state index contributed by atoms with van der Waals surface area (Å²) in [4.78, 5) is 4.74. The molecule has 1 aromatic heterocycles. The van der Waals surface area contributed by atoms with E-state index in [-0.39, 0.29) is 0 Å². The molecule has 2 nitrogen and oxygen atoms in total. The summed E-state index contributed by atoms with van der Waals surface area (Å²) in [5, 5.41) is 2.24. The van der Waals surface area contributed by atoms with Crippen molar-refractivity contribution in [1.82, 2.24) is 9.55 Å². The fourth-order valence-corrected chi connectivity index (χ4v) is 5.37. The van der Waals surface area contributed by atoms with E-state index in [1.807, 2.05) is 43.3 Å². The highest BCUT2D eigenvalue weighted by Gasteiger charge is 2.23. The van der Waals surface area contributed by atoms with Gasteiger partial charge in [-0.25, -0.2) is 13.8 Å². The summed E-state index contributed by atoms with van der Waals surface area (Å²) in [7, 11) is -0.998. The molecule has 0 saturated carbocycles. The summed E-state index contributed by atoms with van der Waals surface area (Å²) in [6.07, 6.45) is 1.80. The number of benzene rings is 3. The van der Waals surface area contributed by atoms with Crippen LogP contribution in [0.25, 0.3) is 5.69 Å². The van der Waals surface area contributed by atoms with E-state index in [1.165, 1.54) is 12.1 Å². The van der Waals surface area contributed by atoms with Gasteiger partial charge in [0.25, 0.3) is 0 Å². The zero-order valence-electron chi connectivity index (χ0n) is 14.7. The molecular weight excluding hydrogens is 361 g/mol. The van der Waals surface area contributed by atoms with Crippen molar-refractivity contribution >= 4 is 24.1 Å². The third-order valence-electron chi connectivity index (χ3n) is 4.21. The molecule has 4 aromatic rings. The predicted molar refractivity (Wildman–Crippen MR) is 107 cm³/mol. The zero-order chi connectivity index (χ0) is 18.8. The number of hydrogen-bond acceptors (Lipinski definition) is 1. The second kappa shape index (κ2) is 7.42. The van der Waals surface area contributed by atoms with Crippen LogP contribution in [-0.2, 0) is 0 Å². The summed E-state index contributed by atoms with van der Waals surface area (Å²) in [5.74, 6) is -1.20. The maximum absolute atomic E-state index is 14.5. The van der Waals surface area contributed by atoms with Gasteiger partial charge >= 0.3 is 0 Å². The lowest BCUT2D eigenvalue weighted by atomic mass is 10.3. The molecule has 0 bridgehead atoms. The molecule has 5 heteroatoms. The molecule has 0 aliphatic carbocycles. The maximum atomic E-state index is 14.5. The van der Waals surface area contributed by atoms with Gasteiger partial charge in [-0.3, -0.25) is 4.57 Å². The van der Waals surface area contributed by atoms with Crippen LogP contribution >= 0.6 is 7.92 Å². The Bertz CT molecular complexity index is 1020. The van der Waals surface area contributed by atoms with Crippen molar-refractivity contribution in [1.29, 1.82) is 0 Å². The summed E-state index contributed by atoms with van der Waals surface area (Å²) >= 11 is 0. The molecule has 3 aromatic carbocycles. The van der Waals surface area contributed by atoms with E-state index >= 15 is 0 Å². The van der Waals surface area contributed by atoms with Crippen molar-refractivity contribution in [2.45, 2.75) is 6.92 Å². The van der Waals surface area contributed by atoms with Crippen molar-refractivity contribution in [2.24, 2.45) is 0 Å². The Morgan fingerprint density at radius 3 is 1.96 bits per heavy atom. The first-order chi connectivity index (χ1) is 13.1. The molecule has 0 unspecified atom stereocenters. The molecule has 0 spiro atoms. The van der Waals surface area contributed by atoms with E-state index < -0.39 is 19.6 Å². The molecule has 0 atom stereocenters. The minimum atomic E-state index is -0.998. The number of aryl methyl sites for hydroxylation is 1. The largest absolute Gasteiger partial charge is 0.296 e. The average molecular weight is 378 g/mol. The number of halogens is 2. The highest BCUT2D eigenvalue weighted by Crippen LogP contribution is 2.33. The monoisotopic (exact) mass is 378 g/mol. The van der Waals surface area contributed by atoms with Crippen LogP contribution in [0.5, 0.6) is 0 Å². The summed E-state index contributed by atoms with van der Waals surface area (Å²) in [5.41, 5.74) is 1.84. The van der Waals surface area contributed by atoms with Gasteiger partial charge in [-0.15, -0.1) is 0 Å². The molecule has 0 amide bonds. The van der Waals surface area contributed by atoms with Crippen LogP contribution in [0.15, 0.2) is 85.1 Å². The molecule has 0 aliphatic heterocycles. The van der Waals surface area contributed by atoms with E-state index in [9.17, 15) is 8.78 Å². The lowest BCUT2D eigenvalue weighted by molar-refractivity contribution is 0.578. The van der Waals surface area contributed by atoms with Gasteiger partial charge in [0.05, 0.1) is 11.4 Å². The van der Waals surface area contributed by atoms with Crippen molar-refractivity contribution in [3.63, 3.8) is 0 Å². The topological polar surface area (TPSA) is 17.8 Å². The van der Waals surface area contributed by atoms with Crippen LogP contribution in [-0.4, -0.2) is 9.55 Å². The Labute approximate surface area is 157 Å². The van der Waals surface area contributed by atoms with Crippen LogP contribution in [0.2, 0.25) is 0 Å². The number of aromatic nitrogens is 2. The average Bonchev–Trinajstić information content (AvgIpc) is 3.05. The van der Waals surface area contributed by atoms with Gasteiger partial charge < -0.3 is 0 Å². The Morgan fingerprint density at radius 2 is 1.41 bits per heavy atom. The third-order valence-corrected chi connectivity index (χ3v) is 6.55. The second-order valence-electron chi connectivity index (χ2n) is 6.15. The number of hydrogen-bond donors (Lipinski definition) is 0. The normalized spacial score (nSPS) is 11.1. The first-order valence-electron chi connectivity index (χ1n) is 8.55. The molecule has 134 valence electrons. The number of imidazole rings is 1. The Balaban J connectivity index is 1.94.